The molecule has 108 valence electrons. The SMILES string of the molecule is Cc1cc(C#N)ccc1S(=O)(=O)NC(CCO)C(=O)O. The van der Waals surface area contributed by atoms with Crippen LogP contribution in [0.1, 0.15) is 17.5 Å². The van der Waals surface area contributed by atoms with Gasteiger partial charge >= 0.3 is 5.97 Å². The van der Waals surface area contributed by atoms with Crippen molar-refractivity contribution in [2.45, 2.75) is 24.3 Å². The highest BCUT2D eigenvalue weighted by atomic mass is 32.2. The van der Waals surface area contributed by atoms with Crippen molar-refractivity contribution in [1.29, 1.82) is 5.26 Å². The Kier molecular flexibility index (Phi) is 5.21. The van der Waals surface area contributed by atoms with Gasteiger partial charge in [-0.15, -0.1) is 0 Å². The second kappa shape index (κ2) is 6.47. The van der Waals surface area contributed by atoms with E-state index in [0.717, 1.165) is 0 Å². The van der Waals surface area contributed by atoms with E-state index in [1.54, 1.807) is 0 Å². The van der Waals surface area contributed by atoms with Crippen LogP contribution in [0.3, 0.4) is 0 Å². The molecule has 0 aliphatic rings. The van der Waals surface area contributed by atoms with Crippen LogP contribution in [-0.2, 0) is 14.8 Å². The fourth-order valence-corrected chi connectivity index (χ4v) is 3.08. The van der Waals surface area contributed by atoms with Crippen molar-refractivity contribution in [3.05, 3.63) is 29.3 Å². The van der Waals surface area contributed by atoms with E-state index in [-0.39, 0.29) is 11.3 Å². The lowest BCUT2D eigenvalue weighted by atomic mass is 10.2. The van der Waals surface area contributed by atoms with Gasteiger partial charge < -0.3 is 10.2 Å². The molecule has 0 aromatic heterocycles. The van der Waals surface area contributed by atoms with Crippen LogP contribution in [0.25, 0.3) is 0 Å². The summed E-state index contributed by atoms with van der Waals surface area (Å²) in [6.45, 7) is 1.06. The summed E-state index contributed by atoms with van der Waals surface area (Å²) in [5.41, 5.74) is 0.649. The van der Waals surface area contributed by atoms with E-state index in [0.29, 0.717) is 11.1 Å². The number of aliphatic carboxylic acids is 1. The molecular formula is C12H14N2O5S. The zero-order valence-electron chi connectivity index (χ0n) is 10.7. The lowest BCUT2D eigenvalue weighted by Crippen LogP contribution is -2.41. The Hall–Kier alpha value is -1.95. The Labute approximate surface area is 116 Å². The van der Waals surface area contributed by atoms with Crippen molar-refractivity contribution in [3.8, 4) is 6.07 Å². The normalized spacial score (nSPS) is 12.7. The van der Waals surface area contributed by atoms with Gasteiger partial charge in [-0.05, 0) is 37.1 Å². The minimum Gasteiger partial charge on any atom is -0.480 e. The maximum Gasteiger partial charge on any atom is 0.321 e. The molecule has 20 heavy (non-hydrogen) atoms. The third kappa shape index (κ3) is 3.77. The summed E-state index contributed by atoms with van der Waals surface area (Å²) in [6.07, 6.45) is -0.232. The summed E-state index contributed by atoms with van der Waals surface area (Å²) >= 11 is 0. The first-order valence-electron chi connectivity index (χ1n) is 5.68. The fourth-order valence-electron chi connectivity index (χ4n) is 1.63. The minimum absolute atomic E-state index is 0.0966. The van der Waals surface area contributed by atoms with Crippen molar-refractivity contribution >= 4 is 16.0 Å². The zero-order chi connectivity index (χ0) is 15.3. The van der Waals surface area contributed by atoms with Gasteiger partial charge in [-0.3, -0.25) is 4.79 Å². The summed E-state index contributed by atoms with van der Waals surface area (Å²) in [7, 11) is -4.03. The predicted octanol–water partition coefficient (Wildman–Crippen LogP) is -0.0194. The first-order valence-corrected chi connectivity index (χ1v) is 7.17. The molecule has 0 saturated heterocycles. The number of nitrogens with zero attached hydrogens (tertiary/aromatic N) is 1. The van der Waals surface area contributed by atoms with E-state index in [1.165, 1.54) is 25.1 Å². The molecule has 0 radical (unpaired) electrons. The summed E-state index contributed by atoms with van der Waals surface area (Å²) in [5.74, 6) is -1.37. The van der Waals surface area contributed by atoms with Crippen LogP contribution in [0.2, 0.25) is 0 Å². The molecule has 3 N–H and O–H groups in total. The summed E-state index contributed by atoms with van der Waals surface area (Å²) in [5, 5.41) is 26.3. The molecule has 0 amide bonds. The van der Waals surface area contributed by atoms with Gasteiger partial charge in [0.05, 0.1) is 16.5 Å². The number of hydrogen-bond acceptors (Lipinski definition) is 5. The molecule has 1 rings (SSSR count). The van der Waals surface area contributed by atoms with Crippen LogP contribution < -0.4 is 4.72 Å². The lowest BCUT2D eigenvalue weighted by molar-refractivity contribution is -0.139. The Bertz CT molecular complexity index is 648. The largest absolute Gasteiger partial charge is 0.480 e. The topological polar surface area (TPSA) is 127 Å². The van der Waals surface area contributed by atoms with Crippen LogP contribution in [0.5, 0.6) is 0 Å². The summed E-state index contributed by atoms with van der Waals surface area (Å²) < 4.78 is 26.2. The van der Waals surface area contributed by atoms with Gasteiger partial charge in [0, 0.05) is 6.61 Å². The van der Waals surface area contributed by atoms with Gasteiger partial charge in [0.2, 0.25) is 10.0 Å². The van der Waals surface area contributed by atoms with Crippen LogP contribution in [-0.4, -0.2) is 37.2 Å². The van der Waals surface area contributed by atoms with Crippen molar-refractivity contribution in [1.82, 2.24) is 4.72 Å². The standard InChI is InChI=1S/C12H14N2O5S/c1-8-6-9(7-13)2-3-11(8)20(18,19)14-10(4-5-15)12(16)17/h2-3,6,10,14-15H,4-5H2,1H3,(H,16,17). The summed E-state index contributed by atoms with van der Waals surface area (Å²) in [6, 6.07) is 4.46. The molecule has 1 aromatic carbocycles. The molecule has 0 saturated carbocycles. The monoisotopic (exact) mass is 298 g/mol. The van der Waals surface area contributed by atoms with E-state index in [4.69, 9.17) is 15.5 Å². The third-order valence-electron chi connectivity index (χ3n) is 2.61. The maximum atomic E-state index is 12.1. The maximum absolute atomic E-state index is 12.1. The molecule has 0 aliphatic heterocycles. The fraction of sp³-hybridized carbons (Fsp3) is 0.333. The summed E-state index contributed by atoms with van der Waals surface area (Å²) in [4.78, 5) is 10.8. The quantitative estimate of drug-likeness (QED) is 0.677. The van der Waals surface area contributed by atoms with Gasteiger partial charge in [0.1, 0.15) is 6.04 Å². The molecule has 1 atom stereocenters. The molecule has 7 nitrogen and oxygen atoms in total. The number of benzene rings is 1. The van der Waals surface area contributed by atoms with Gasteiger partial charge in [-0.25, -0.2) is 8.42 Å². The molecule has 0 aliphatic carbocycles. The Morgan fingerprint density at radius 3 is 2.60 bits per heavy atom. The highest BCUT2D eigenvalue weighted by molar-refractivity contribution is 7.89. The van der Waals surface area contributed by atoms with Crippen molar-refractivity contribution in [2.24, 2.45) is 0 Å². The van der Waals surface area contributed by atoms with E-state index < -0.39 is 28.6 Å². The zero-order valence-corrected chi connectivity index (χ0v) is 11.5. The second-order valence-corrected chi connectivity index (χ2v) is 5.80. The molecule has 1 aromatic rings. The number of sulfonamides is 1. The van der Waals surface area contributed by atoms with Crippen LogP contribution in [0, 0.1) is 18.3 Å². The number of carboxylic acids is 1. The van der Waals surface area contributed by atoms with Crippen LogP contribution >= 0.6 is 0 Å². The van der Waals surface area contributed by atoms with Crippen LogP contribution in [0.4, 0.5) is 0 Å². The lowest BCUT2D eigenvalue weighted by Gasteiger charge is -2.15. The first kappa shape index (κ1) is 16.1. The smallest absolute Gasteiger partial charge is 0.321 e. The molecular weight excluding hydrogens is 284 g/mol. The van der Waals surface area contributed by atoms with E-state index in [1.807, 2.05) is 10.8 Å². The number of hydrogen-bond donors (Lipinski definition) is 3. The minimum atomic E-state index is -4.03. The number of carbonyl (C=O) groups is 1. The second-order valence-electron chi connectivity index (χ2n) is 4.12. The number of nitrogens with one attached hydrogen (secondary N) is 1. The van der Waals surface area contributed by atoms with E-state index in [9.17, 15) is 13.2 Å². The van der Waals surface area contributed by atoms with Crippen molar-refractivity contribution in [3.63, 3.8) is 0 Å². The Balaban J connectivity index is 3.11. The number of rotatable bonds is 6. The predicted molar refractivity (Wildman–Crippen MR) is 69.3 cm³/mol. The van der Waals surface area contributed by atoms with Crippen molar-refractivity contribution < 1.29 is 23.4 Å². The van der Waals surface area contributed by atoms with Gasteiger partial charge in [-0.2, -0.15) is 9.98 Å². The van der Waals surface area contributed by atoms with Gasteiger partial charge in [-0.1, -0.05) is 0 Å². The number of aliphatic hydroxyl groups is 1. The molecule has 0 bridgehead atoms. The molecule has 8 heteroatoms. The van der Waals surface area contributed by atoms with Gasteiger partial charge in [0.15, 0.2) is 0 Å². The third-order valence-corrected chi connectivity index (χ3v) is 4.24. The molecule has 1 unspecified atom stereocenters. The Morgan fingerprint density at radius 1 is 1.50 bits per heavy atom. The van der Waals surface area contributed by atoms with E-state index in [2.05, 4.69) is 0 Å². The van der Waals surface area contributed by atoms with Crippen LogP contribution in [0.15, 0.2) is 23.1 Å². The molecule has 0 heterocycles. The molecule has 0 fully saturated rings. The number of nitriles is 1. The Morgan fingerprint density at radius 2 is 2.15 bits per heavy atom. The average Bonchev–Trinajstić information content (AvgIpc) is 2.37. The first-order chi connectivity index (χ1) is 9.31. The number of aliphatic hydroxyl groups excluding tert-OH is 1. The van der Waals surface area contributed by atoms with Crippen molar-refractivity contribution in [2.75, 3.05) is 6.61 Å². The molecule has 0 spiro atoms. The number of carboxylic acid groups (broad SMARTS) is 1. The van der Waals surface area contributed by atoms with E-state index >= 15 is 0 Å². The highest BCUT2D eigenvalue weighted by Gasteiger charge is 2.26. The highest BCUT2D eigenvalue weighted by Crippen LogP contribution is 2.17. The average molecular weight is 298 g/mol. The van der Waals surface area contributed by atoms with Gasteiger partial charge in [0.25, 0.3) is 0 Å². The number of aryl methyl sites for hydroxylation is 1.